The quantitative estimate of drug-likeness (QED) is 0.616. The molecule has 0 aromatic carbocycles. The van der Waals surface area contributed by atoms with Gasteiger partial charge in [-0.05, 0) is 42.9 Å². The van der Waals surface area contributed by atoms with Crippen molar-refractivity contribution in [3.63, 3.8) is 0 Å². The fourth-order valence-corrected chi connectivity index (χ4v) is 3.47. The van der Waals surface area contributed by atoms with Crippen molar-refractivity contribution in [3.05, 3.63) is 0 Å². The van der Waals surface area contributed by atoms with Gasteiger partial charge in [0.05, 0.1) is 5.92 Å². The lowest BCUT2D eigenvalue weighted by atomic mass is 9.36. The lowest BCUT2D eigenvalue weighted by Crippen LogP contribution is -2.64. The lowest BCUT2D eigenvalue weighted by Gasteiger charge is -2.68. The van der Waals surface area contributed by atoms with Crippen LogP contribution in [0.5, 0.6) is 0 Å². The molecule has 60 valence electrons. The first-order chi connectivity index (χ1) is 5.29. The summed E-state index contributed by atoms with van der Waals surface area (Å²) >= 11 is 0. The predicted molar refractivity (Wildman–Crippen MR) is 38.9 cm³/mol. The van der Waals surface area contributed by atoms with Gasteiger partial charge in [0.2, 0.25) is 0 Å². The Labute approximate surface area is 65.6 Å². The van der Waals surface area contributed by atoms with E-state index in [0.29, 0.717) is 5.92 Å². The molecule has 3 rings (SSSR count). The van der Waals surface area contributed by atoms with Crippen LogP contribution in [0.2, 0.25) is 0 Å². The molecule has 0 aromatic heterocycles. The summed E-state index contributed by atoms with van der Waals surface area (Å²) in [5.74, 6) is 2.71. The zero-order valence-corrected chi connectivity index (χ0v) is 6.36. The highest BCUT2D eigenvalue weighted by Gasteiger charge is 2.65. The average Bonchev–Trinajstić information content (AvgIpc) is 1.88. The van der Waals surface area contributed by atoms with E-state index in [9.17, 15) is 4.79 Å². The fourth-order valence-electron chi connectivity index (χ4n) is 3.47. The molecule has 0 spiro atoms. The Bertz CT molecular complexity index is 218. The highest BCUT2D eigenvalue weighted by molar-refractivity contribution is 5.72. The molecular formula is C9H12O2. The van der Waals surface area contributed by atoms with Gasteiger partial charge in [-0.2, -0.15) is 0 Å². The summed E-state index contributed by atoms with van der Waals surface area (Å²) in [7, 11) is 0. The van der Waals surface area contributed by atoms with Gasteiger partial charge in [0.25, 0.3) is 0 Å². The van der Waals surface area contributed by atoms with Gasteiger partial charge in [0, 0.05) is 0 Å². The minimum Gasteiger partial charge on any atom is -0.481 e. The van der Waals surface area contributed by atoms with Crippen molar-refractivity contribution in [1.82, 2.24) is 0 Å². The monoisotopic (exact) mass is 152 g/mol. The Kier molecular flexibility index (Phi) is 0.890. The van der Waals surface area contributed by atoms with E-state index in [0.717, 1.165) is 24.2 Å². The van der Waals surface area contributed by atoms with Crippen LogP contribution in [-0.4, -0.2) is 11.1 Å². The van der Waals surface area contributed by atoms with Crippen LogP contribution < -0.4 is 0 Å². The van der Waals surface area contributed by atoms with E-state index in [1.807, 2.05) is 0 Å². The third-order valence-electron chi connectivity index (χ3n) is 4.23. The van der Waals surface area contributed by atoms with Gasteiger partial charge in [-0.3, -0.25) is 4.79 Å². The molecular weight excluding hydrogens is 140 g/mol. The SMILES string of the molecule is O=C(O)[C@@H]1C[C@@H]2[C@H]3CC[C@H]3[C@@H]21. The molecule has 0 heterocycles. The van der Waals surface area contributed by atoms with Crippen molar-refractivity contribution < 1.29 is 9.90 Å². The lowest BCUT2D eigenvalue weighted by molar-refractivity contribution is -0.215. The minimum atomic E-state index is -0.545. The second-order valence-corrected chi connectivity index (χ2v) is 4.33. The molecule has 0 unspecified atom stereocenters. The molecule has 3 saturated carbocycles. The van der Waals surface area contributed by atoms with Crippen LogP contribution in [0.25, 0.3) is 0 Å². The van der Waals surface area contributed by atoms with E-state index in [4.69, 9.17) is 5.11 Å². The summed E-state index contributed by atoms with van der Waals surface area (Å²) in [4.78, 5) is 10.6. The summed E-state index contributed by atoms with van der Waals surface area (Å²) < 4.78 is 0. The molecule has 3 aliphatic carbocycles. The third-order valence-corrected chi connectivity index (χ3v) is 4.23. The number of carboxylic acids is 1. The zero-order chi connectivity index (χ0) is 7.59. The van der Waals surface area contributed by atoms with E-state index >= 15 is 0 Å². The van der Waals surface area contributed by atoms with Crippen LogP contribution in [0, 0.1) is 29.6 Å². The molecule has 0 amide bonds. The largest absolute Gasteiger partial charge is 0.481 e. The maximum Gasteiger partial charge on any atom is 0.306 e. The molecule has 0 bridgehead atoms. The topological polar surface area (TPSA) is 37.3 Å². The Hall–Kier alpha value is -0.530. The van der Waals surface area contributed by atoms with Crippen molar-refractivity contribution in [2.45, 2.75) is 19.3 Å². The summed E-state index contributed by atoms with van der Waals surface area (Å²) in [5.41, 5.74) is 0. The molecule has 2 nitrogen and oxygen atoms in total. The number of rotatable bonds is 1. The minimum absolute atomic E-state index is 0.0431. The Morgan fingerprint density at radius 2 is 1.91 bits per heavy atom. The Balaban J connectivity index is 1.75. The van der Waals surface area contributed by atoms with Crippen molar-refractivity contribution in [2.75, 3.05) is 0 Å². The molecule has 2 heteroatoms. The van der Waals surface area contributed by atoms with Gasteiger partial charge >= 0.3 is 5.97 Å². The summed E-state index contributed by atoms with van der Waals surface area (Å²) in [5, 5.41) is 8.78. The first-order valence-electron chi connectivity index (χ1n) is 4.52. The number of hydrogen-bond acceptors (Lipinski definition) is 1. The first kappa shape index (κ1) is 6.04. The Morgan fingerprint density at radius 1 is 1.18 bits per heavy atom. The van der Waals surface area contributed by atoms with Crippen LogP contribution >= 0.6 is 0 Å². The average molecular weight is 152 g/mol. The van der Waals surface area contributed by atoms with E-state index in [1.54, 1.807) is 0 Å². The molecule has 11 heavy (non-hydrogen) atoms. The van der Waals surface area contributed by atoms with Crippen LogP contribution in [0.15, 0.2) is 0 Å². The van der Waals surface area contributed by atoms with E-state index in [1.165, 1.54) is 12.8 Å². The van der Waals surface area contributed by atoms with Crippen molar-refractivity contribution in [2.24, 2.45) is 29.6 Å². The molecule has 0 aliphatic heterocycles. The van der Waals surface area contributed by atoms with Crippen LogP contribution in [-0.2, 0) is 4.79 Å². The second-order valence-electron chi connectivity index (χ2n) is 4.33. The number of aliphatic carboxylic acids is 1. The second kappa shape index (κ2) is 1.62. The van der Waals surface area contributed by atoms with Gasteiger partial charge in [-0.1, -0.05) is 0 Å². The number of fused-ring (bicyclic) bond motifs is 4. The van der Waals surface area contributed by atoms with E-state index < -0.39 is 5.97 Å². The van der Waals surface area contributed by atoms with Gasteiger partial charge in [0.15, 0.2) is 0 Å². The molecule has 0 radical (unpaired) electrons. The summed E-state index contributed by atoms with van der Waals surface area (Å²) in [6, 6.07) is 0. The Morgan fingerprint density at radius 3 is 2.36 bits per heavy atom. The normalized spacial score (nSPS) is 57.6. The zero-order valence-electron chi connectivity index (χ0n) is 6.36. The standard InChI is InChI=1S/C9H12O2/c10-9(11)7-3-6-4-1-2-5(4)8(6)7/h4-8H,1-3H2,(H,10,11)/t4-,5+,6+,7+,8-/m0/s1. The predicted octanol–water partition coefficient (Wildman–Crippen LogP) is 1.36. The van der Waals surface area contributed by atoms with Crippen LogP contribution in [0.4, 0.5) is 0 Å². The van der Waals surface area contributed by atoms with E-state index in [-0.39, 0.29) is 5.92 Å². The number of carboxylic acid groups (broad SMARTS) is 1. The van der Waals surface area contributed by atoms with Gasteiger partial charge in [0.1, 0.15) is 0 Å². The highest BCUT2D eigenvalue weighted by Crippen LogP contribution is 2.69. The van der Waals surface area contributed by atoms with Crippen LogP contribution in [0.3, 0.4) is 0 Å². The maximum absolute atomic E-state index is 10.6. The van der Waals surface area contributed by atoms with Crippen molar-refractivity contribution >= 4 is 5.97 Å². The molecule has 1 N–H and O–H groups in total. The smallest absolute Gasteiger partial charge is 0.306 e. The van der Waals surface area contributed by atoms with Gasteiger partial charge in [-0.25, -0.2) is 0 Å². The molecule has 3 aliphatic rings. The van der Waals surface area contributed by atoms with Gasteiger partial charge in [-0.15, -0.1) is 0 Å². The van der Waals surface area contributed by atoms with E-state index in [2.05, 4.69) is 0 Å². The highest BCUT2D eigenvalue weighted by atomic mass is 16.4. The molecule has 3 fully saturated rings. The molecule has 0 aromatic rings. The number of carbonyl (C=O) groups is 1. The first-order valence-corrected chi connectivity index (χ1v) is 4.52. The van der Waals surface area contributed by atoms with Crippen molar-refractivity contribution in [3.8, 4) is 0 Å². The molecule has 0 saturated heterocycles. The van der Waals surface area contributed by atoms with Gasteiger partial charge < -0.3 is 5.11 Å². The fraction of sp³-hybridized carbons (Fsp3) is 0.889. The van der Waals surface area contributed by atoms with Crippen molar-refractivity contribution in [1.29, 1.82) is 0 Å². The van der Waals surface area contributed by atoms with Crippen LogP contribution in [0.1, 0.15) is 19.3 Å². The summed E-state index contributed by atoms with van der Waals surface area (Å²) in [6.45, 7) is 0. The summed E-state index contributed by atoms with van der Waals surface area (Å²) in [6.07, 6.45) is 3.69. The maximum atomic E-state index is 10.6. The molecule has 5 atom stereocenters. The third kappa shape index (κ3) is 0.501. The number of hydrogen-bond donors (Lipinski definition) is 1.